The zero-order valence-electron chi connectivity index (χ0n) is 10.8. The van der Waals surface area contributed by atoms with Crippen LogP contribution < -0.4 is 10.6 Å². The van der Waals surface area contributed by atoms with E-state index in [-0.39, 0.29) is 11.9 Å². The Morgan fingerprint density at radius 2 is 2.32 bits per heavy atom. The van der Waals surface area contributed by atoms with Gasteiger partial charge in [-0.1, -0.05) is 6.92 Å². The van der Waals surface area contributed by atoms with Crippen LogP contribution in [0.1, 0.15) is 34.9 Å². The molecule has 0 aromatic carbocycles. The normalized spacial score (nSPS) is 11.9. The van der Waals surface area contributed by atoms with Crippen molar-refractivity contribution in [2.45, 2.75) is 19.4 Å². The van der Waals surface area contributed by atoms with Crippen molar-refractivity contribution in [2.24, 2.45) is 0 Å². The minimum Gasteiger partial charge on any atom is -0.372 e. The highest BCUT2D eigenvalue weighted by Gasteiger charge is 2.17. The van der Waals surface area contributed by atoms with Crippen LogP contribution in [0.25, 0.3) is 0 Å². The highest BCUT2D eigenvalue weighted by Crippen LogP contribution is 2.19. The fourth-order valence-corrected chi connectivity index (χ4v) is 2.35. The van der Waals surface area contributed by atoms with E-state index in [1.165, 1.54) is 17.5 Å². The summed E-state index contributed by atoms with van der Waals surface area (Å²) < 4.78 is 0. The van der Waals surface area contributed by atoms with Crippen molar-refractivity contribution in [2.75, 3.05) is 12.4 Å². The Bertz CT molecular complexity index is 543. The van der Waals surface area contributed by atoms with Gasteiger partial charge >= 0.3 is 0 Å². The highest BCUT2D eigenvalue weighted by atomic mass is 32.1. The number of thiazole rings is 1. The molecule has 2 heterocycles. The van der Waals surface area contributed by atoms with Crippen molar-refractivity contribution in [3.8, 4) is 0 Å². The van der Waals surface area contributed by atoms with E-state index in [0.717, 1.165) is 11.4 Å². The van der Waals surface area contributed by atoms with Crippen LogP contribution in [0.15, 0.2) is 24.0 Å². The number of carbonyl (C=O) groups excluding carboxylic acids is 1. The van der Waals surface area contributed by atoms with Gasteiger partial charge in [-0.25, -0.2) is 9.97 Å². The number of amides is 1. The number of hydrogen-bond acceptors (Lipinski definition) is 6. The first-order valence-electron chi connectivity index (χ1n) is 5.94. The molecule has 0 aliphatic heterocycles. The summed E-state index contributed by atoms with van der Waals surface area (Å²) in [5.41, 5.74) is 0.293. The van der Waals surface area contributed by atoms with Crippen molar-refractivity contribution >= 4 is 23.1 Å². The summed E-state index contributed by atoms with van der Waals surface area (Å²) in [7, 11) is 1.73. The van der Waals surface area contributed by atoms with E-state index in [4.69, 9.17) is 0 Å². The predicted molar refractivity (Wildman–Crippen MR) is 74.2 cm³/mol. The first-order valence-corrected chi connectivity index (χ1v) is 6.82. The van der Waals surface area contributed by atoms with Gasteiger partial charge in [-0.3, -0.25) is 9.78 Å². The largest absolute Gasteiger partial charge is 0.372 e. The van der Waals surface area contributed by atoms with Crippen LogP contribution in [-0.4, -0.2) is 27.9 Å². The van der Waals surface area contributed by atoms with Gasteiger partial charge in [-0.15, -0.1) is 11.3 Å². The second-order valence-electron chi connectivity index (χ2n) is 3.84. The molecule has 0 saturated heterocycles. The lowest BCUT2D eigenvalue weighted by atomic mass is 10.2. The molecule has 2 rings (SSSR count). The van der Waals surface area contributed by atoms with Gasteiger partial charge in [0.15, 0.2) is 0 Å². The Balaban J connectivity index is 2.11. The molecular weight excluding hydrogens is 262 g/mol. The third-order valence-corrected chi connectivity index (χ3v) is 3.48. The van der Waals surface area contributed by atoms with Crippen LogP contribution in [0.4, 0.5) is 5.82 Å². The zero-order valence-corrected chi connectivity index (χ0v) is 11.6. The maximum atomic E-state index is 12.1. The van der Waals surface area contributed by atoms with Gasteiger partial charge < -0.3 is 10.6 Å². The number of anilines is 1. The molecule has 1 atom stereocenters. The Morgan fingerprint density at radius 3 is 2.95 bits per heavy atom. The third kappa shape index (κ3) is 3.25. The zero-order chi connectivity index (χ0) is 13.7. The van der Waals surface area contributed by atoms with Gasteiger partial charge in [-0.2, -0.15) is 0 Å². The van der Waals surface area contributed by atoms with E-state index in [9.17, 15) is 4.79 Å². The minimum absolute atomic E-state index is 0.0902. The molecule has 2 N–H and O–H groups in total. The Hall–Kier alpha value is -2.02. The van der Waals surface area contributed by atoms with E-state index in [1.54, 1.807) is 19.4 Å². The molecule has 0 bridgehead atoms. The molecule has 100 valence electrons. The number of rotatable bonds is 5. The Kier molecular flexibility index (Phi) is 4.40. The highest BCUT2D eigenvalue weighted by molar-refractivity contribution is 7.09. The Labute approximate surface area is 115 Å². The summed E-state index contributed by atoms with van der Waals surface area (Å²) in [6.07, 6.45) is 5.52. The van der Waals surface area contributed by atoms with Gasteiger partial charge in [0.25, 0.3) is 5.91 Å². The SMILES string of the molecule is CCC(NC(=O)c1cncc(NC)n1)c1nccs1. The lowest BCUT2D eigenvalue weighted by molar-refractivity contribution is 0.0930. The molecule has 0 fully saturated rings. The molecule has 0 aliphatic rings. The molecule has 0 radical (unpaired) electrons. The van der Waals surface area contributed by atoms with Gasteiger partial charge in [-0.05, 0) is 6.42 Å². The topological polar surface area (TPSA) is 79.8 Å². The monoisotopic (exact) mass is 277 g/mol. The van der Waals surface area contributed by atoms with Crippen molar-refractivity contribution in [1.29, 1.82) is 0 Å². The summed E-state index contributed by atoms with van der Waals surface area (Å²) in [5.74, 6) is 0.321. The van der Waals surface area contributed by atoms with E-state index in [2.05, 4.69) is 25.6 Å². The predicted octanol–water partition coefficient (Wildman–Crippen LogP) is 1.86. The van der Waals surface area contributed by atoms with Crippen LogP contribution in [-0.2, 0) is 0 Å². The molecule has 7 heteroatoms. The smallest absolute Gasteiger partial charge is 0.272 e. The van der Waals surface area contributed by atoms with Gasteiger partial charge in [0.2, 0.25) is 0 Å². The second-order valence-corrected chi connectivity index (χ2v) is 4.77. The van der Waals surface area contributed by atoms with Crippen LogP contribution >= 0.6 is 11.3 Å². The molecule has 0 aliphatic carbocycles. The molecule has 19 heavy (non-hydrogen) atoms. The summed E-state index contributed by atoms with van der Waals surface area (Å²) in [6, 6.07) is -0.0902. The molecule has 0 spiro atoms. The minimum atomic E-state index is -0.244. The summed E-state index contributed by atoms with van der Waals surface area (Å²) >= 11 is 1.53. The number of aromatic nitrogens is 3. The van der Waals surface area contributed by atoms with Crippen LogP contribution in [0.5, 0.6) is 0 Å². The first-order chi connectivity index (χ1) is 9.24. The second kappa shape index (κ2) is 6.24. The van der Waals surface area contributed by atoms with Gasteiger partial charge in [0, 0.05) is 18.6 Å². The molecule has 1 amide bonds. The molecular formula is C12H15N5OS. The number of hydrogen-bond donors (Lipinski definition) is 2. The lowest BCUT2D eigenvalue weighted by Gasteiger charge is -2.14. The molecule has 0 saturated carbocycles. The quantitative estimate of drug-likeness (QED) is 0.872. The van der Waals surface area contributed by atoms with Crippen molar-refractivity contribution in [3.63, 3.8) is 0 Å². The van der Waals surface area contributed by atoms with Crippen molar-refractivity contribution in [1.82, 2.24) is 20.3 Å². The summed E-state index contributed by atoms with van der Waals surface area (Å²) in [5, 5.41) is 8.56. The van der Waals surface area contributed by atoms with Crippen molar-refractivity contribution < 1.29 is 4.79 Å². The first kappa shape index (κ1) is 13.4. The number of nitrogens with one attached hydrogen (secondary N) is 2. The molecule has 2 aromatic heterocycles. The fourth-order valence-electron chi connectivity index (χ4n) is 1.57. The van der Waals surface area contributed by atoms with Crippen molar-refractivity contribution in [3.05, 3.63) is 34.7 Å². The number of carbonyl (C=O) groups is 1. The van der Waals surface area contributed by atoms with Gasteiger partial charge in [0.05, 0.1) is 18.4 Å². The summed E-state index contributed by atoms with van der Waals surface area (Å²) in [6.45, 7) is 2.00. The number of nitrogens with zero attached hydrogens (tertiary/aromatic N) is 3. The Morgan fingerprint density at radius 1 is 1.47 bits per heavy atom. The van der Waals surface area contributed by atoms with Crippen LogP contribution in [0, 0.1) is 0 Å². The van der Waals surface area contributed by atoms with E-state index >= 15 is 0 Å². The average Bonchev–Trinajstić information content (AvgIpc) is 2.98. The van der Waals surface area contributed by atoms with Gasteiger partial charge in [0.1, 0.15) is 16.5 Å². The molecule has 6 nitrogen and oxygen atoms in total. The third-order valence-electron chi connectivity index (χ3n) is 2.59. The van der Waals surface area contributed by atoms with Crippen LogP contribution in [0.2, 0.25) is 0 Å². The average molecular weight is 277 g/mol. The standard InChI is InChI=1S/C12H15N5OS/c1-3-8(12-15-4-5-19-12)17-11(18)9-6-14-7-10(13-2)16-9/h4-8H,3H2,1-2H3,(H,13,16)(H,17,18). The van der Waals surface area contributed by atoms with E-state index in [0.29, 0.717) is 11.5 Å². The molecule has 1 unspecified atom stereocenters. The maximum Gasteiger partial charge on any atom is 0.272 e. The lowest BCUT2D eigenvalue weighted by Crippen LogP contribution is -2.29. The summed E-state index contributed by atoms with van der Waals surface area (Å²) in [4.78, 5) is 24.5. The van der Waals surface area contributed by atoms with E-state index in [1.807, 2.05) is 12.3 Å². The van der Waals surface area contributed by atoms with Crippen LogP contribution in [0.3, 0.4) is 0 Å². The maximum absolute atomic E-state index is 12.1. The van der Waals surface area contributed by atoms with E-state index < -0.39 is 0 Å². The molecule has 2 aromatic rings. The fraction of sp³-hybridized carbons (Fsp3) is 0.333.